The van der Waals surface area contributed by atoms with Crippen LogP contribution in [0.25, 0.3) is 0 Å². The van der Waals surface area contributed by atoms with Crippen LogP contribution in [0.2, 0.25) is 0 Å². The van der Waals surface area contributed by atoms with Crippen molar-refractivity contribution in [2.75, 3.05) is 0 Å². The van der Waals surface area contributed by atoms with E-state index < -0.39 is 13.8 Å². The van der Waals surface area contributed by atoms with E-state index in [1.807, 2.05) is 0 Å². The topological polar surface area (TPSA) is 160 Å². The van der Waals surface area contributed by atoms with Crippen molar-refractivity contribution in [1.82, 2.24) is 5.48 Å². The lowest BCUT2D eigenvalue weighted by molar-refractivity contribution is 0.162. The predicted octanol–water partition coefficient (Wildman–Crippen LogP) is -3.25. The second kappa shape index (κ2) is 6.79. The molecule has 0 aliphatic heterocycles. The molecule has 0 saturated carbocycles. The fourth-order valence-electron chi connectivity index (χ4n) is 0.109. The van der Waals surface area contributed by atoms with Gasteiger partial charge in [-0.05, 0) is 0 Å². The first-order valence-electron chi connectivity index (χ1n) is 1.76. The Hall–Kier alpha value is 0.106. The summed E-state index contributed by atoms with van der Waals surface area (Å²) in [6, 6.07) is 0. The lowest BCUT2D eigenvalue weighted by Gasteiger charge is -2.03. The fraction of sp³-hybridized carbons (Fsp3) is 0. The zero-order valence-electron chi connectivity index (χ0n) is 4.74. The molecule has 8 nitrogen and oxygen atoms in total. The third-order valence-corrected chi connectivity index (χ3v) is 0.604. The number of hydrogen-bond acceptors (Lipinski definition) is 3. The summed E-state index contributed by atoms with van der Waals surface area (Å²) in [7, 11) is -4.55. The standard InChI is InChI=1S/CH6N3O4P.Mg.H2O.2H/c2-1(3)4-8-9(5,6)7;;;;/h(H4,2,3,4)(H2,5,6,7);;1H2;;. The molecule has 0 aliphatic rings. The first-order chi connectivity index (χ1) is 3.92. The number of hydroxylamine groups is 1. The summed E-state index contributed by atoms with van der Waals surface area (Å²) in [6.45, 7) is 0. The number of guanidine groups is 1. The number of nitrogens with two attached hydrogens (primary N) is 1. The van der Waals surface area contributed by atoms with Crippen LogP contribution < -0.4 is 11.2 Å². The number of nitrogens with one attached hydrogen (secondary N) is 2. The van der Waals surface area contributed by atoms with Crippen molar-refractivity contribution >= 4 is 36.8 Å². The Morgan fingerprint density at radius 2 is 2.00 bits per heavy atom. The molecule has 8 N–H and O–H groups in total. The number of phosphoric acid groups is 1. The van der Waals surface area contributed by atoms with Gasteiger partial charge in [-0.3, -0.25) is 5.41 Å². The van der Waals surface area contributed by atoms with E-state index in [0.29, 0.717) is 0 Å². The van der Waals surface area contributed by atoms with E-state index in [9.17, 15) is 4.57 Å². The molecule has 0 aliphatic carbocycles. The van der Waals surface area contributed by atoms with Crippen molar-refractivity contribution in [3.05, 3.63) is 0 Å². The van der Waals surface area contributed by atoms with Crippen LogP contribution in [0, 0.1) is 5.41 Å². The Bertz CT molecular complexity index is 156. The molecule has 66 valence electrons. The van der Waals surface area contributed by atoms with Crippen LogP contribution in [-0.2, 0) is 9.19 Å². The van der Waals surface area contributed by atoms with E-state index in [-0.39, 0.29) is 28.5 Å². The molecular formula is CH10MgN3O5P. The minimum atomic E-state index is -4.55. The third kappa shape index (κ3) is 17.8. The molecule has 0 unspecified atom stereocenters. The highest BCUT2D eigenvalue weighted by atomic mass is 31.2. The van der Waals surface area contributed by atoms with Crippen molar-refractivity contribution in [2.45, 2.75) is 0 Å². The smallest absolute Gasteiger partial charge is 0.412 e. The summed E-state index contributed by atoms with van der Waals surface area (Å²) >= 11 is 0. The number of hydrogen-bond donors (Lipinski definition) is 5. The molecule has 11 heavy (non-hydrogen) atoms. The van der Waals surface area contributed by atoms with Gasteiger partial charge in [0.1, 0.15) is 0 Å². The Morgan fingerprint density at radius 1 is 1.64 bits per heavy atom. The van der Waals surface area contributed by atoms with E-state index in [1.54, 1.807) is 0 Å². The molecule has 10 heteroatoms. The molecule has 0 fully saturated rings. The first kappa shape index (κ1) is 17.3. The summed E-state index contributed by atoms with van der Waals surface area (Å²) < 4.78 is 13.4. The van der Waals surface area contributed by atoms with Gasteiger partial charge in [0.25, 0.3) is 0 Å². The fourth-order valence-corrected chi connectivity index (χ4v) is 0.326. The van der Waals surface area contributed by atoms with Gasteiger partial charge in [-0.15, -0.1) is 0 Å². The zero-order chi connectivity index (χ0) is 7.49. The lowest BCUT2D eigenvalue weighted by Crippen LogP contribution is -2.29. The van der Waals surface area contributed by atoms with Crippen LogP contribution in [-0.4, -0.2) is 44.3 Å². The van der Waals surface area contributed by atoms with Gasteiger partial charge in [-0.1, -0.05) is 0 Å². The molecule has 0 rings (SSSR count). The van der Waals surface area contributed by atoms with Gasteiger partial charge in [0.2, 0.25) is 5.96 Å². The lowest BCUT2D eigenvalue weighted by atomic mass is 11.1. The van der Waals surface area contributed by atoms with Crippen molar-refractivity contribution in [2.24, 2.45) is 5.73 Å². The SMILES string of the molecule is N=C(N)NOP(=O)(O)O.O.[MgH2]. The van der Waals surface area contributed by atoms with Gasteiger partial charge in [0, 0.05) is 0 Å². The normalized spacial score (nSPS) is 8.91. The summed E-state index contributed by atoms with van der Waals surface area (Å²) in [5.41, 5.74) is 6.09. The van der Waals surface area contributed by atoms with Crippen LogP contribution >= 0.6 is 7.82 Å². The van der Waals surface area contributed by atoms with Crippen molar-refractivity contribution in [1.29, 1.82) is 5.41 Å². The van der Waals surface area contributed by atoms with E-state index in [0.717, 1.165) is 0 Å². The van der Waals surface area contributed by atoms with Gasteiger partial charge in [-0.25, -0.2) is 10.0 Å². The quantitative estimate of drug-likeness (QED) is 0.103. The van der Waals surface area contributed by atoms with Crippen molar-refractivity contribution in [3.8, 4) is 0 Å². The summed E-state index contributed by atoms with van der Waals surface area (Å²) in [5, 5.41) is 6.37. The predicted molar refractivity (Wildman–Crippen MR) is 40.3 cm³/mol. The minimum absolute atomic E-state index is 0. The van der Waals surface area contributed by atoms with Gasteiger partial charge >= 0.3 is 30.9 Å². The highest BCUT2D eigenvalue weighted by molar-refractivity contribution is 7.46. The van der Waals surface area contributed by atoms with Crippen LogP contribution in [0.3, 0.4) is 0 Å². The second-order valence-electron chi connectivity index (χ2n) is 1.10. The molecule has 0 heterocycles. The Balaban J connectivity index is -0.000000320. The van der Waals surface area contributed by atoms with E-state index in [4.69, 9.17) is 15.2 Å². The van der Waals surface area contributed by atoms with Crippen LogP contribution in [0.15, 0.2) is 0 Å². The average Bonchev–Trinajstić information content (AvgIpc) is 1.59. The molecule has 0 radical (unpaired) electrons. The van der Waals surface area contributed by atoms with Crippen molar-refractivity contribution < 1.29 is 24.5 Å². The van der Waals surface area contributed by atoms with Gasteiger partial charge in [0.05, 0.1) is 0 Å². The Labute approximate surface area is 78.3 Å². The highest BCUT2D eigenvalue weighted by Crippen LogP contribution is 2.33. The minimum Gasteiger partial charge on any atom is -0.412 e. The van der Waals surface area contributed by atoms with E-state index in [1.165, 1.54) is 5.48 Å². The average molecular weight is 199 g/mol. The Kier molecular flexibility index (Phi) is 10.7. The van der Waals surface area contributed by atoms with Crippen LogP contribution in [0.4, 0.5) is 0 Å². The monoisotopic (exact) mass is 199 g/mol. The highest BCUT2D eigenvalue weighted by Gasteiger charge is 2.13. The molecule has 0 saturated heterocycles. The molecule has 0 aromatic rings. The molecule has 0 bridgehead atoms. The largest absolute Gasteiger partial charge is 0.491 e. The van der Waals surface area contributed by atoms with Crippen molar-refractivity contribution in [3.63, 3.8) is 0 Å². The summed E-state index contributed by atoms with van der Waals surface area (Å²) in [6.07, 6.45) is 0. The van der Waals surface area contributed by atoms with Crippen LogP contribution in [0.5, 0.6) is 0 Å². The second-order valence-corrected chi connectivity index (χ2v) is 2.26. The van der Waals surface area contributed by atoms with E-state index >= 15 is 0 Å². The molecule has 0 aromatic heterocycles. The van der Waals surface area contributed by atoms with E-state index in [2.05, 4.69) is 10.4 Å². The molecule has 0 amide bonds. The van der Waals surface area contributed by atoms with Gasteiger partial charge in [-0.2, -0.15) is 4.62 Å². The molecule has 0 aromatic carbocycles. The Morgan fingerprint density at radius 3 is 2.09 bits per heavy atom. The van der Waals surface area contributed by atoms with Crippen LogP contribution in [0.1, 0.15) is 0 Å². The maximum absolute atomic E-state index is 9.79. The molecule has 0 spiro atoms. The third-order valence-electron chi connectivity index (χ3n) is 0.275. The van der Waals surface area contributed by atoms with Gasteiger partial charge < -0.3 is 21.0 Å². The molecule has 0 atom stereocenters. The summed E-state index contributed by atoms with van der Waals surface area (Å²) in [4.78, 5) is 15.9. The maximum atomic E-state index is 9.79. The maximum Gasteiger partial charge on any atom is 0.491 e. The first-order valence-corrected chi connectivity index (χ1v) is 3.29. The zero-order valence-corrected chi connectivity index (χ0v) is 5.63. The van der Waals surface area contributed by atoms with Gasteiger partial charge in [0.15, 0.2) is 0 Å². The number of rotatable bonds is 2. The summed E-state index contributed by atoms with van der Waals surface area (Å²) in [5.74, 6) is -0.668. The molecular weight excluding hydrogens is 189 g/mol.